The van der Waals surface area contributed by atoms with Crippen LogP contribution >= 0.6 is 0 Å². The maximum Gasteiger partial charge on any atom is 0.177 e. The monoisotopic (exact) mass is 247 g/mol. The van der Waals surface area contributed by atoms with E-state index in [-0.39, 0.29) is 6.61 Å². The summed E-state index contributed by atoms with van der Waals surface area (Å²) in [5.74, 6) is 0.818. The molecule has 0 aliphatic heterocycles. The summed E-state index contributed by atoms with van der Waals surface area (Å²) < 4.78 is 1.67. The van der Waals surface area contributed by atoms with Crippen molar-refractivity contribution in [1.82, 2.24) is 19.7 Å². The zero-order valence-electron chi connectivity index (χ0n) is 10.2. The van der Waals surface area contributed by atoms with Crippen molar-refractivity contribution in [3.05, 3.63) is 12.4 Å². The van der Waals surface area contributed by atoms with Gasteiger partial charge >= 0.3 is 0 Å². The number of rotatable bonds is 4. The highest BCUT2D eigenvalue weighted by Gasteiger charge is 2.15. The number of fused-ring (bicyclic) bond motifs is 1. The number of aliphatic hydroxyl groups excluding tert-OH is 1. The molecule has 2 aromatic rings. The van der Waals surface area contributed by atoms with Crippen LogP contribution in [0.3, 0.4) is 0 Å². The molecule has 1 aliphatic carbocycles. The van der Waals surface area contributed by atoms with Crippen molar-refractivity contribution in [3.8, 4) is 0 Å². The predicted octanol–water partition coefficient (Wildman–Crippen LogP) is 1.17. The van der Waals surface area contributed by atoms with Gasteiger partial charge in [0.1, 0.15) is 11.3 Å². The van der Waals surface area contributed by atoms with Crippen LogP contribution < -0.4 is 5.32 Å². The Labute approximate surface area is 105 Å². The van der Waals surface area contributed by atoms with Crippen molar-refractivity contribution < 1.29 is 5.11 Å². The second-order valence-corrected chi connectivity index (χ2v) is 4.68. The molecule has 0 amide bonds. The molecular weight excluding hydrogens is 230 g/mol. The van der Waals surface area contributed by atoms with Crippen LogP contribution in [0.25, 0.3) is 11.2 Å². The van der Waals surface area contributed by atoms with Gasteiger partial charge in [0.15, 0.2) is 5.65 Å². The third-order valence-corrected chi connectivity index (χ3v) is 3.36. The van der Waals surface area contributed by atoms with Gasteiger partial charge in [-0.05, 0) is 12.8 Å². The number of aromatic nitrogens is 4. The molecule has 1 saturated carbocycles. The average molecular weight is 247 g/mol. The Kier molecular flexibility index (Phi) is 3.10. The van der Waals surface area contributed by atoms with Gasteiger partial charge in [-0.15, -0.1) is 0 Å². The van der Waals surface area contributed by atoms with Crippen molar-refractivity contribution in [2.45, 2.75) is 38.3 Å². The molecule has 0 aromatic carbocycles. The average Bonchev–Trinajstić information content (AvgIpc) is 3.00. The first-order chi connectivity index (χ1) is 8.86. The van der Waals surface area contributed by atoms with Crippen molar-refractivity contribution in [1.29, 1.82) is 0 Å². The minimum absolute atomic E-state index is 0.0561. The smallest absolute Gasteiger partial charge is 0.177 e. The number of anilines is 1. The van der Waals surface area contributed by atoms with Gasteiger partial charge in [-0.25, -0.2) is 14.6 Å². The number of nitrogens with zero attached hydrogens (tertiary/aromatic N) is 4. The Morgan fingerprint density at radius 2 is 2.17 bits per heavy atom. The maximum atomic E-state index is 8.92. The third kappa shape index (κ3) is 2.15. The Balaban J connectivity index is 1.82. The Hall–Kier alpha value is -1.69. The minimum atomic E-state index is 0.0561. The molecule has 1 aliphatic rings. The highest BCUT2D eigenvalue weighted by Crippen LogP contribution is 2.21. The zero-order chi connectivity index (χ0) is 12.4. The van der Waals surface area contributed by atoms with Crippen molar-refractivity contribution >= 4 is 17.0 Å². The van der Waals surface area contributed by atoms with Gasteiger partial charge in [-0.1, -0.05) is 12.8 Å². The molecule has 0 unspecified atom stereocenters. The van der Waals surface area contributed by atoms with Crippen LogP contribution in [-0.2, 0) is 6.54 Å². The molecule has 0 saturated heterocycles. The molecule has 96 valence electrons. The molecule has 2 N–H and O–H groups in total. The fourth-order valence-corrected chi connectivity index (χ4v) is 2.47. The minimum Gasteiger partial charge on any atom is -0.394 e. The fraction of sp³-hybridized carbons (Fsp3) is 0.583. The van der Waals surface area contributed by atoms with Gasteiger partial charge in [-0.3, -0.25) is 0 Å². The van der Waals surface area contributed by atoms with Crippen molar-refractivity contribution in [2.75, 3.05) is 11.9 Å². The Morgan fingerprint density at radius 3 is 2.94 bits per heavy atom. The molecular formula is C12H17N5O. The summed E-state index contributed by atoms with van der Waals surface area (Å²) in [6, 6.07) is 0.532. The van der Waals surface area contributed by atoms with Crippen LogP contribution in [-0.4, -0.2) is 37.5 Å². The highest BCUT2D eigenvalue weighted by molar-refractivity contribution is 5.71. The van der Waals surface area contributed by atoms with E-state index in [0.29, 0.717) is 12.6 Å². The van der Waals surface area contributed by atoms with E-state index in [4.69, 9.17) is 5.11 Å². The second kappa shape index (κ2) is 4.89. The summed E-state index contributed by atoms with van der Waals surface area (Å²) in [6.07, 6.45) is 8.45. The topological polar surface area (TPSA) is 75.9 Å². The summed E-state index contributed by atoms with van der Waals surface area (Å²) in [5.41, 5.74) is 1.49. The lowest BCUT2D eigenvalue weighted by Gasteiger charge is -2.11. The number of hydrogen-bond acceptors (Lipinski definition) is 5. The van der Waals surface area contributed by atoms with Crippen LogP contribution in [0.15, 0.2) is 12.4 Å². The van der Waals surface area contributed by atoms with E-state index in [1.165, 1.54) is 25.7 Å². The van der Waals surface area contributed by atoms with Crippen LogP contribution in [0, 0.1) is 0 Å². The summed E-state index contributed by atoms with van der Waals surface area (Å²) >= 11 is 0. The molecule has 0 atom stereocenters. The first-order valence-electron chi connectivity index (χ1n) is 6.43. The van der Waals surface area contributed by atoms with Crippen LogP contribution in [0.2, 0.25) is 0 Å². The summed E-state index contributed by atoms with van der Waals surface area (Å²) in [4.78, 5) is 8.87. The van der Waals surface area contributed by atoms with Gasteiger partial charge < -0.3 is 10.4 Å². The molecule has 0 spiro atoms. The fourth-order valence-electron chi connectivity index (χ4n) is 2.47. The van der Waals surface area contributed by atoms with E-state index in [0.717, 1.165) is 17.0 Å². The van der Waals surface area contributed by atoms with E-state index in [2.05, 4.69) is 20.4 Å². The molecule has 6 heteroatoms. The van der Waals surface area contributed by atoms with E-state index in [1.54, 1.807) is 17.1 Å². The lowest BCUT2D eigenvalue weighted by atomic mass is 10.2. The van der Waals surface area contributed by atoms with E-state index in [1.807, 2.05) is 0 Å². The van der Waals surface area contributed by atoms with E-state index in [9.17, 15) is 0 Å². The van der Waals surface area contributed by atoms with Gasteiger partial charge in [-0.2, -0.15) is 5.10 Å². The largest absolute Gasteiger partial charge is 0.394 e. The van der Waals surface area contributed by atoms with Crippen LogP contribution in [0.4, 0.5) is 5.82 Å². The van der Waals surface area contributed by atoms with E-state index >= 15 is 0 Å². The number of hydrogen-bond donors (Lipinski definition) is 2. The predicted molar refractivity (Wildman–Crippen MR) is 68.3 cm³/mol. The number of aliphatic hydroxyl groups is 1. The molecule has 2 heterocycles. The molecule has 6 nitrogen and oxygen atoms in total. The molecule has 2 aromatic heterocycles. The molecule has 3 rings (SSSR count). The highest BCUT2D eigenvalue weighted by atomic mass is 16.3. The standard InChI is InChI=1S/C12H17N5O/c18-6-5-17-12-10(7-14-17)16-11(8-13-12)15-9-3-1-2-4-9/h7-9,18H,1-6H2,(H,15,16). The lowest BCUT2D eigenvalue weighted by Crippen LogP contribution is -2.15. The normalized spacial score (nSPS) is 16.5. The summed E-state index contributed by atoms with van der Waals surface area (Å²) in [5, 5.41) is 16.5. The van der Waals surface area contributed by atoms with Crippen LogP contribution in [0.1, 0.15) is 25.7 Å². The Morgan fingerprint density at radius 1 is 1.33 bits per heavy atom. The van der Waals surface area contributed by atoms with Crippen molar-refractivity contribution in [2.24, 2.45) is 0 Å². The van der Waals surface area contributed by atoms with Gasteiger partial charge in [0.05, 0.1) is 25.5 Å². The molecule has 0 radical (unpaired) electrons. The van der Waals surface area contributed by atoms with Gasteiger partial charge in [0, 0.05) is 6.04 Å². The third-order valence-electron chi connectivity index (χ3n) is 3.36. The second-order valence-electron chi connectivity index (χ2n) is 4.68. The lowest BCUT2D eigenvalue weighted by molar-refractivity contribution is 0.271. The van der Waals surface area contributed by atoms with Crippen LogP contribution in [0.5, 0.6) is 0 Å². The zero-order valence-corrected chi connectivity index (χ0v) is 10.2. The summed E-state index contributed by atoms with van der Waals surface area (Å²) in [7, 11) is 0. The first-order valence-corrected chi connectivity index (χ1v) is 6.43. The van der Waals surface area contributed by atoms with E-state index < -0.39 is 0 Å². The molecule has 1 fully saturated rings. The van der Waals surface area contributed by atoms with Gasteiger partial charge in [0.25, 0.3) is 0 Å². The van der Waals surface area contributed by atoms with Crippen molar-refractivity contribution in [3.63, 3.8) is 0 Å². The quantitative estimate of drug-likeness (QED) is 0.848. The molecule has 0 bridgehead atoms. The van der Waals surface area contributed by atoms with Gasteiger partial charge in [0.2, 0.25) is 0 Å². The molecule has 18 heavy (non-hydrogen) atoms. The number of nitrogens with one attached hydrogen (secondary N) is 1. The maximum absolute atomic E-state index is 8.92. The Bertz CT molecular complexity index is 532. The SMILES string of the molecule is OCCn1ncc2nc(NC3CCCC3)cnc21. The summed E-state index contributed by atoms with van der Waals surface area (Å²) in [6.45, 7) is 0.508. The first kappa shape index (κ1) is 11.4.